The Morgan fingerprint density at radius 1 is 0.481 bits per heavy atom. The molecule has 28 N–H and O–H groups in total. The highest BCUT2D eigenvalue weighted by Gasteiger charge is 2.39. The maximum Gasteiger partial charge on any atom is 0.326 e. The van der Waals surface area contributed by atoms with Crippen LogP contribution in [0.4, 0.5) is 0 Å². The lowest BCUT2D eigenvalue weighted by Crippen LogP contribution is -2.62. The maximum absolute atomic E-state index is 14.5. The van der Waals surface area contributed by atoms with E-state index < -0.39 is 241 Å². The minimum atomic E-state index is -1.63. The number of hydrogen-bond acceptors (Lipinski definition) is 23. The number of nitrogens with zero attached hydrogens (tertiary/aromatic N) is 1. The number of thiol groups is 2. The minimum Gasteiger partial charge on any atom is -0.481 e. The molecule has 15 amide bonds. The molecule has 106 heavy (non-hydrogen) atoms. The van der Waals surface area contributed by atoms with E-state index in [1.807, 2.05) is 0 Å². The lowest BCUT2D eigenvalue weighted by atomic mass is 9.97. The lowest BCUT2D eigenvalue weighted by molar-refractivity contribution is -0.143. The SMILES string of the molecule is CC[C@H](C)[C@H](NC(=O)[C@H](CS)NC(=O)[C@H](CCCCN)NC(=O)[C@H](CCCNC(=N)N)NC(=O)[C@@H](NC(=O)[C@@H](NC(=O)[C@H](Cc1c[nH]cn1)NC(=O)CNC(=O)CNC(=O)[C@H](CC(N)=O)NC(=O)[C@@H](N)CCC(N)=O)C(C)C)C(C)C)C(=O)N[C@@H](CCC(=O)O)C(=O)N[C@@H](CS)C(=O)N[C@H](C(=O)O)C(C)C. The number of aliphatic carboxylic acids is 2. The lowest BCUT2D eigenvalue weighted by Gasteiger charge is -2.30. The van der Waals surface area contributed by atoms with Crippen molar-refractivity contribution in [1.29, 1.82) is 5.41 Å². The fourth-order valence-corrected chi connectivity index (χ4v) is 10.3. The van der Waals surface area contributed by atoms with Crippen LogP contribution < -0.4 is 103 Å². The monoisotopic (exact) mass is 1540 g/mol. The van der Waals surface area contributed by atoms with E-state index in [0.717, 1.165) is 0 Å². The van der Waals surface area contributed by atoms with E-state index in [2.05, 4.69) is 110 Å². The number of carbonyl (C=O) groups is 17. The molecular weight excluding hydrogens is 1430 g/mol. The summed E-state index contributed by atoms with van der Waals surface area (Å²) in [4.78, 5) is 232. The molecule has 0 aromatic carbocycles. The number of amides is 15. The number of rotatable bonds is 52. The Bertz CT molecular complexity index is 3180. The van der Waals surface area contributed by atoms with Crippen molar-refractivity contribution in [3.63, 3.8) is 0 Å². The average Bonchev–Trinajstić information content (AvgIpc) is 1.000. The van der Waals surface area contributed by atoms with E-state index in [0.29, 0.717) is 6.42 Å². The number of guanidine groups is 1. The van der Waals surface area contributed by atoms with Crippen LogP contribution in [0.5, 0.6) is 0 Å². The number of hydrogen-bond donors (Lipinski definition) is 25. The van der Waals surface area contributed by atoms with Crippen molar-refractivity contribution in [3.05, 3.63) is 18.2 Å². The molecule has 41 nitrogen and oxygen atoms in total. The van der Waals surface area contributed by atoms with Gasteiger partial charge < -0.3 is 118 Å². The minimum absolute atomic E-state index is 0.0190. The van der Waals surface area contributed by atoms with Gasteiger partial charge in [0, 0.05) is 43.5 Å². The van der Waals surface area contributed by atoms with Gasteiger partial charge in [-0.1, -0.05) is 61.8 Å². The Morgan fingerprint density at radius 2 is 0.925 bits per heavy atom. The number of unbranched alkanes of at least 4 members (excludes halogenated alkanes) is 1. The van der Waals surface area contributed by atoms with Gasteiger partial charge in [0.25, 0.3) is 0 Å². The third-order valence-electron chi connectivity index (χ3n) is 16.2. The zero-order chi connectivity index (χ0) is 80.7. The Balaban J connectivity index is 3.49. The molecule has 0 aliphatic carbocycles. The van der Waals surface area contributed by atoms with Gasteiger partial charge >= 0.3 is 11.9 Å². The van der Waals surface area contributed by atoms with E-state index >= 15 is 0 Å². The second-order valence-corrected chi connectivity index (χ2v) is 26.7. The number of primary amides is 2. The molecule has 1 rings (SSSR count). The van der Waals surface area contributed by atoms with E-state index in [1.54, 1.807) is 41.5 Å². The molecule has 0 saturated carbocycles. The van der Waals surface area contributed by atoms with Crippen LogP contribution in [0.1, 0.15) is 132 Å². The molecule has 0 fully saturated rings. The highest BCUT2D eigenvalue weighted by Crippen LogP contribution is 2.14. The van der Waals surface area contributed by atoms with Crippen LogP contribution in [-0.2, 0) is 87.9 Å². The first-order valence-electron chi connectivity index (χ1n) is 34.3. The fourth-order valence-electron chi connectivity index (χ4n) is 9.83. The standard InChI is InChI=1S/C63H108N22O19S2/c1-9-32(8)50(61(102)78-37(16-18-46(90)91)55(96)81-40(26-105)57(98)84-49(31(6)7)62(103)104)85-58(99)41(27-106)80-54(95)35(13-10-11-19-64)76-53(94)36(14-12-20-71-63(68)69)77-59(100)47(29(2)3)83-60(101)48(30(4)5)82-56(97)38(21-33-23-70-28-74-33)75-45(89)25-72-44(88)24-73-52(93)39(22-43(67)87)79-51(92)34(65)15-17-42(66)86/h23,28-32,34-41,47-50,105-106H,9-22,24-27,64-65H2,1-8H3,(H2,66,86)(H2,67,87)(H,70,74)(H,72,88)(H,73,93)(H,75,89)(H,76,94)(H,77,100)(H,78,102)(H,79,92)(H,80,95)(H,81,96)(H,82,97)(H,83,101)(H,84,98)(H,85,99)(H,90,91)(H,103,104)(H4,68,69,71)/t32-,34-,35-,36-,37-,38-,39-,40-,41-,47-,48-,49-,50-/m0/s1. The van der Waals surface area contributed by atoms with Crippen LogP contribution in [0.25, 0.3) is 0 Å². The number of H-pyrrole nitrogens is 1. The summed E-state index contributed by atoms with van der Waals surface area (Å²) in [6.07, 6.45) is 0.772. The van der Waals surface area contributed by atoms with Gasteiger partial charge in [0.1, 0.15) is 66.5 Å². The summed E-state index contributed by atoms with van der Waals surface area (Å²) in [7, 11) is 0. The van der Waals surface area contributed by atoms with Crippen LogP contribution in [-0.4, -0.2) is 237 Å². The normalized spacial score (nSPS) is 14.8. The molecule has 13 atom stereocenters. The molecule has 0 radical (unpaired) electrons. The Morgan fingerprint density at radius 3 is 1.39 bits per heavy atom. The summed E-state index contributed by atoms with van der Waals surface area (Å²) < 4.78 is 0. The van der Waals surface area contributed by atoms with Gasteiger partial charge in [-0.05, 0) is 75.2 Å². The van der Waals surface area contributed by atoms with Gasteiger partial charge in [0.05, 0.1) is 37.6 Å². The molecule has 596 valence electrons. The third-order valence-corrected chi connectivity index (χ3v) is 16.9. The molecule has 1 aromatic rings. The number of carbonyl (C=O) groups excluding carboxylic acids is 15. The molecular formula is C63H108N22O19S2. The van der Waals surface area contributed by atoms with Gasteiger partial charge in [-0.3, -0.25) is 82.1 Å². The van der Waals surface area contributed by atoms with Gasteiger partial charge in [-0.2, -0.15) is 25.3 Å². The molecule has 1 heterocycles. The number of aromatic amines is 1. The van der Waals surface area contributed by atoms with E-state index in [-0.39, 0.29) is 75.9 Å². The molecule has 0 unspecified atom stereocenters. The second kappa shape index (κ2) is 49.0. The smallest absolute Gasteiger partial charge is 0.326 e. The number of carboxylic acids is 2. The van der Waals surface area contributed by atoms with Crippen molar-refractivity contribution in [1.82, 2.24) is 84.4 Å². The fraction of sp³-hybridized carbons (Fsp3) is 0.667. The van der Waals surface area contributed by atoms with E-state index in [9.17, 15) is 91.7 Å². The van der Waals surface area contributed by atoms with Crippen LogP contribution >= 0.6 is 25.3 Å². The Hall–Kier alpha value is -9.91. The van der Waals surface area contributed by atoms with E-state index in [4.69, 9.17) is 34.1 Å². The first-order valence-corrected chi connectivity index (χ1v) is 35.6. The van der Waals surface area contributed by atoms with Crippen LogP contribution in [0.2, 0.25) is 0 Å². The van der Waals surface area contributed by atoms with E-state index in [1.165, 1.54) is 26.4 Å². The number of imidazole rings is 1. The second-order valence-electron chi connectivity index (χ2n) is 26.0. The molecule has 0 saturated heterocycles. The van der Waals surface area contributed by atoms with Gasteiger partial charge in [-0.25, -0.2) is 9.78 Å². The quantitative estimate of drug-likeness (QED) is 0.0125. The van der Waals surface area contributed by atoms with Crippen molar-refractivity contribution >= 4 is 132 Å². The number of nitrogens with two attached hydrogens (primary N) is 5. The van der Waals surface area contributed by atoms with Crippen LogP contribution in [0.3, 0.4) is 0 Å². The van der Waals surface area contributed by atoms with Crippen molar-refractivity contribution < 1.29 is 91.7 Å². The zero-order valence-corrected chi connectivity index (χ0v) is 62.5. The average molecular weight is 1540 g/mol. The number of nitrogens with one attached hydrogen (secondary N) is 16. The predicted molar refractivity (Wildman–Crippen MR) is 388 cm³/mol. The van der Waals surface area contributed by atoms with Crippen molar-refractivity contribution in [2.75, 3.05) is 37.7 Å². The highest BCUT2D eigenvalue weighted by atomic mass is 32.1. The summed E-state index contributed by atoms with van der Waals surface area (Å²) in [5.74, 6) is -20.7. The van der Waals surface area contributed by atoms with Crippen molar-refractivity contribution in [2.45, 2.75) is 205 Å². The molecule has 0 bridgehead atoms. The first kappa shape index (κ1) is 94.1. The summed E-state index contributed by atoms with van der Waals surface area (Å²) in [5.41, 5.74) is 27.7. The van der Waals surface area contributed by atoms with Gasteiger partial charge in [-0.15, -0.1) is 0 Å². The van der Waals surface area contributed by atoms with Crippen molar-refractivity contribution in [3.8, 4) is 0 Å². The Kier molecular flexibility index (Phi) is 43.5. The number of carboxylic acid groups (broad SMARTS) is 2. The zero-order valence-electron chi connectivity index (χ0n) is 60.7. The summed E-state index contributed by atoms with van der Waals surface area (Å²) in [5, 5.41) is 61.2. The Labute approximate surface area is 623 Å². The molecule has 0 spiro atoms. The first-order chi connectivity index (χ1) is 49.7. The van der Waals surface area contributed by atoms with Crippen LogP contribution in [0, 0.1) is 29.1 Å². The predicted octanol–water partition coefficient (Wildman–Crippen LogP) is -7.80. The van der Waals surface area contributed by atoms with Gasteiger partial charge in [0.2, 0.25) is 88.6 Å². The number of aromatic nitrogens is 2. The topological polar surface area (TPSA) is 682 Å². The summed E-state index contributed by atoms with van der Waals surface area (Å²) >= 11 is 8.41. The summed E-state index contributed by atoms with van der Waals surface area (Å²) in [6, 6.07) is -17.6. The van der Waals surface area contributed by atoms with Crippen LogP contribution in [0.15, 0.2) is 12.5 Å². The van der Waals surface area contributed by atoms with Crippen molar-refractivity contribution in [2.24, 2.45) is 52.3 Å². The van der Waals surface area contributed by atoms with Gasteiger partial charge in [0.15, 0.2) is 5.96 Å². The molecule has 0 aliphatic rings. The highest BCUT2D eigenvalue weighted by molar-refractivity contribution is 7.80. The third kappa shape index (κ3) is 35.7. The molecule has 1 aromatic heterocycles. The largest absolute Gasteiger partial charge is 0.481 e. The molecule has 43 heteroatoms. The molecule has 0 aliphatic heterocycles. The summed E-state index contributed by atoms with van der Waals surface area (Å²) in [6.45, 7) is 11.2. The maximum atomic E-state index is 14.5.